The third kappa shape index (κ3) is 5.72. The van der Waals surface area contributed by atoms with Crippen molar-refractivity contribution in [3.05, 3.63) is 77.9 Å². The standard InChI is InChI=1S/C31H33N5O5S/c1-19-15-36(16-20(2)41-19)30-6-4-5-27(35-30)22-7-8-23-12-32-26(10-24(23)9-22)14-34-31(37)25-11-29-28(33-13-25)18-40-17-21(3)42(29,38)39/h4-13,19-21H,14-18H2,1-3H3,(H,34,37)/t19-,20+,21-/m0/s1. The van der Waals surface area contributed by atoms with Crippen LogP contribution in [0.15, 0.2) is 65.8 Å². The Kier molecular flexibility index (Phi) is 7.65. The number of sulfone groups is 1. The Bertz CT molecular complexity index is 1750. The first-order valence-electron chi connectivity index (χ1n) is 14.0. The number of amides is 1. The number of rotatable bonds is 5. The highest BCUT2D eigenvalue weighted by atomic mass is 32.2. The Morgan fingerprint density at radius 1 is 1.00 bits per heavy atom. The molecule has 3 atom stereocenters. The van der Waals surface area contributed by atoms with E-state index in [4.69, 9.17) is 14.5 Å². The van der Waals surface area contributed by atoms with Gasteiger partial charge in [-0.25, -0.2) is 13.4 Å². The number of benzene rings is 1. The van der Waals surface area contributed by atoms with Gasteiger partial charge in [-0.15, -0.1) is 0 Å². The molecule has 0 spiro atoms. The summed E-state index contributed by atoms with van der Waals surface area (Å²) < 4.78 is 37.1. The third-order valence-electron chi connectivity index (χ3n) is 7.60. The molecule has 11 heteroatoms. The number of hydrogen-bond acceptors (Lipinski definition) is 9. The van der Waals surface area contributed by atoms with Gasteiger partial charge in [0.25, 0.3) is 5.91 Å². The number of nitrogens with zero attached hydrogens (tertiary/aromatic N) is 4. The summed E-state index contributed by atoms with van der Waals surface area (Å²) in [6, 6.07) is 15.5. The van der Waals surface area contributed by atoms with Gasteiger partial charge in [-0.05, 0) is 56.5 Å². The fourth-order valence-electron chi connectivity index (χ4n) is 5.42. The molecule has 3 aromatic heterocycles. The fourth-order valence-corrected chi connectivity index (χ4v) is 6.86. The molecule has 2 aliphatic rings. The summed E-state index contributed by atoms with van der Waals surface area (Å²) in [5.74, 6) is 0.497. The molecular weight excluding hydrogens is 554 g/mol. The Balaban J connectivity index is 1.19. The maximum Gasteiger partial charge on any atom is 0.253 e. The van der Waals surface area contributed by atoms with Gasteiger partial charge in [-0.3, -0.25) is 14.8 Å². The van der Waals surface area contributed by atoms with Gasteiger partial charge in [0.2, 0.25) is 0 Å². The van der Waals surface area contributed by atoms with Crippen LogP contribution in [0, 0.1) is 0 Å². The second kappa shape index (κ2) is 11.4. The molecule has 0 bridgehead atoms. The third-order valence-corrected chi connectivity index (χ3v) is 9.76. The normalized spacial score (nSPS) is 21.9. The van der Waals surface area contributed by atoms with Gasteiger partial charge in [0.05, 0.1) is 64.8 Å². The molecule has 0 aliphatic carbocycles. The predicted octanol–water partition coefficient (Wildman–Crippen LogP) is 3.93. The molecule has 0 saturated carbocycles. The Labute approximate surface area is 245 Å². The number of fused-ring (bicyclic) bond motifs is 2. The number of nitrogens with one attached hydrogen (secondary N) is 1. The summed E-state index contributed by atoms with van der Waals surface area (Å²) >= 11 is 0. The van der Waals surface area contributed by atoms with E-state index >= 15 is 0 Å². The number of anilines is 1. The molecule has 42 heavy (non-hydrogen) atoms. The average molecular weight is 588 g/mol. The lowest BCUT2D eigenvalue weighted by atomic mass is 10.1. The van der Waals surface area contributed by atoms with Gasteiger partial charge < -0.3 is 19.7 Å². The molecule has 2 aliphatic heterocycles. The molecular formula is C31H33N5O5S. The van der Waals surface area contributed by atoms with E-state index < -0.39 is 21.0 Å². The quantitative estimate of drug-likeness (QED) is 0.370. The number of aromatic nitrogens is 3. The highest BCUT2D eigenvalue weighted by Gasteiger charge is 2.31. The van der Waals surface area contributed by atoms with Gasteiger partial charge in [0, 0.05) is 36.4 Å². The molecule has 6 rings (SSSR count). The zero-order chi connectivity index (χ0) is 29.4. The zero-order valence-electron chi connectivity index (χ0n) is 23.8. The lowest BCUT2D eigenvalue weighted by Gasteiger charge is -2.36. The highest BCUT2D eigenvalue weighted by Crippen LogP contribution is 2.27. The lowest BCUT2D eigenvalue weighted by Crippen LogP contribution is -2.45. The molecule has 1 fully saturated rings. The van der Waals surface area contributed by atoms with E-state index in [2.05, 4.69) is 40.1 Å². The summed E-state index contributed by atoms with van der Waals surface area (Å²) in [5.41, 5.74) is 3.01. The first kappa shape index (κ1) is 28.2. The van der Waals surface area contributed by atoms with Crippen molar-refractivity contribution < 1.29 is 22.7 Å². The van der Waals surface area contributed by atoms with Crippen LogP contribution in [-0.2, 0) is 32.5 Å². The number of morpholine rings is 1. The van der Waals surface area contributed by atoms with Crippen LogP contribution in [0.5, 0.6) is 0 Å². The van der Waals surface area contributed by atoms with Crippen molar-refractivity contribution in [1.29, 1.82) is 0 Å². The van der Waals surface area contributed by atoms with Crippen molar-refractivity contribution in [2.75, 3.05) is 24.6 Å². The number of hydrogen-bond donors (Lipinski definition) is 1. The predicted molar refractivity (Wildman–Crippen MR) is 159 cm³/mol. The minimum Gasteiger partial charge on any atom is -0.374 e. The zero-order valence-corrected chi connectivity index (χ0v) is 24.6. The van der Waals surface area contributed by atoms with E-state index in [1.807, 2.05) is 36.4 Å². The summed E-state index contributed by atoms with van der Waals surface area (Å²) in [6.07, 6.45) is 3.44. The maximum absolute atomic E-state index is 13.0. The summed E-state index contributed by atoms with van der Waals surface area (Å²) in [4.78, 5) is 28.9. The molecule has 218 valence electrons. The van der Waals surface area contributed by atoms with Crippen LogP contribution >= 0.6 is 0 Å². The topological polar surface area (TPSA) is 124 Å². The first-order chi connectivity index (χ1) is 20.2. The molecule has 1 amide bonds. The summed E-state index contributed by atoms with van der Waals surface area (Å²) in [5, 5.41) is 4.07. The Hall–Kier alpha value is -3.93. The van der Waals surface area contributed by atoms with Crippen molar-refractivity contribution in [2.24, 2.45) is 0 Å². The van der Waals surface area contributed by atoms with Gasteiger partial charge in [-0.2, -0.15) is 0 Å². The van der Waals surface area contributed by atoms with E-state index in [9.17, 15) is 13.2 Å². The Morgan fingerprint density at radius 2 is 1.81 bits per heavy atom. The lowest BCUT2D eigenvalue weighted by molar-refractivity contribution is -0.00545. The molecule has 1 saturated heterocycles. The van der Waals surface area contributed by atoms with Crippen molar-refractivity contribution in [2.45, 2.75) is 56.3 Å². The van der Waals surface area contributed by atoms with E-state index in [1.165, 1.54) is 12.3 Å². The molecule has 1 N–H and O–H groups in total. The second-order valence-corrected chi connectivity index (χ2v) is 13.3. The molecule has 5 heterocycles. The van der Waals surface area contributed by atoms with Crippen LogP contribution in [-0.4, -0.2) is 66.4 Å². The van der Waals surface area contributed by atoms with E-state index in [0.29, 0.717) is 11.4 Å². The number of ether oxygens (including phenoxy) is 2. The molecule has 4 aromatic rings. The first-order valence-corrected chi connectivity index (χ1v) is 15.6. The highest BCUT2D eigenvalue weighted by molar-refractivity contribution is 7.92. The fraction of sp³-hybridized carbons (Fsp3) is 0.355. The SMILES string of the molecule is C[C@@H]1CN(c2cccc(-c3ccc4cnc(CNC(=O)c5cnc6c(c5)S(=O)(=O)[C@@H](C)COC6)cc4c3)n2)C[C@H](C)O1. The van der Waals surface area contributed by atoms with Gasteiger partial charge in [0.15, 0.2) is 9.84 Å². The van der Waals surface area contributed by atoms with E-state index in [0.717, 1.165) is 40.9 Å². The molecule has 0 radical (unpaired) electrons. The molecule has 0 unspecified atom stereocenters. The summed E-state index contributed by atoms with van der Waals surface area (Å²) in [7, 11) is -3.64. The maximum atomic E-state index is 13.0. The van der Waals surface area contributed by atoms with Crippen LogP contribution in [0.25, 0.3) is 22.0 Å². The minimum absolute atomic E-state index is 0.0480. The van der Waals surface area contributed by atoms with Crippen molar-refractivity contribution >= 4 is 32.3 Å². The number of carbonyl (C=O) groups is 1. The monoisotopic (exact) mass is 587 g/mol. The number of pyridine rings is 3. The molecule has 10 nitrogen and oxygen atoms in total. The van der Waals surface area contributed by atoms with Crippen LogP contribution in [0.2, 0.25) is 0 Å². The molecule has 1 aromatic carbocycles. The average Bonchev–Trinajstić information content (AvgIpc) is 3.09. The van der Waals surface area contributed by atoms with Gasteiger partial charge in [-0.1, -0.05) is 18.2 Å². The van der Waals surface area contributed by atoms with Crippen molar-refractivity contribution in [1.82, 2.24) is 20.3 Å². The minimum atomic E-state index is -3.64. The van der Waals surface area contributed by atoms with Crippen LogP contribution in [0.1, 0.15) is 42.5 Å². The second-order valence-electron chi connectivity index (χ2n) is 11.0. The number of carbonyl (C=O) groups excluding carboxylic acids is 1. The van der Waals surface area contributed by atoms with Crippen molar-refractivity contribution in [3.8, 4) is 11.3 Å². The van der Waals surface area contributed by atoms with Crippen molar-refractivity contribution in [3.63, 3.8) is 0 Å². The van der Waals surface area contributed by atoms with Crippen LogP contribution in [0.4, 0.5) is 5.82 Å². The largest absolute Gasteiger partial charge is 0.374 e. The van der Waals surface area contributed by atoms with E-state index in [1.54, 1.807) is 13.1 Å². The van der Waals surface area contributed by atoms with Crippen LogP contribution in [0.3, 0.4) is 0 Å². The smallest absolute Gasteiger partial charge is 0.253 e. The Morgan fingerprint density at radius 3 is 2.62 bits per heavy atom. The van der Waals surface area contributed by atoms with Gasteiger partial charge >= 0.3 is 0 Å². The van der Waals surface area contributed by atoms with E-state index in [-0.39, 0.29) is 42.4 Å². The van der Waals surface area contributed by atoms with Gasteiger partial charge in [0.1, 0.15) is 5.82 Å². The summed E-state index contributed by atoms with van der Waals surface area (Å²) in [6.45, 7) is 7.69. The van der Waals surface area contributed by atoms with Crippen LogP contribution < -0.4 is 10.2 Å².